The standard InChI is InChI=1S/C41H38N4O2.Pd/c1-7-36-41(29-21-26(4)28(6)27(5)22-29)37(8-2)45(43-36)30-13-12-14-32(23-30)47-33-17-18-35-34-15-10-11-16-38(34)44(39(35)24-33)40-25-31(46-9-3)19-20-42-40;/h10-22,25H,7-9H2,1-6H3;/q-2;+2. The smallest absolute Gasteiger partial charge is 0.509 e. The largest absolute Gasteiger partial charge is 2.00 e. The second-order valence-corrected chi connectivity index (χ2v) is 11.8. The van der Waals surface area contributed by atoms with Crippen LogP contribution in [-0.2, 0) is 33.3 Å². The van der Waals surface area contributed by atoms with Crippen LogP contribution in [0.1, 0.15) is 48.8 Å². The molecule has 0 spiro atoms. The number of rotatable bonds is 9. The molecule has 0 saturated carbocycles. The van der Waals surface area contributed by atoms with Crippen LogP contribution in [0.25, 0.3) is 44.4 Å². The number of para-hydroxylation sites is 1. The topological polar surface area (TPSA) is 54.1 Å². The van der Waals surface area contributed by atoms with Crippen LogP contribution in [0, 0.1) is 32.9 Å². The number of hydrogen-bond donors (Lipinski definition) is 0. The van der Waals surface area contributed by atoms with E-state index in [1.807, 2.05) is 54.1 Å². The maximum absolute atomic E-state index is 6.45. The Morgan fingerprint density at radius 3 is 2.29 bits per heavy atom. The Balaban J connectivity index is 0.00000401. The number of ether oxygens (including phenoxy) is 2. The van der Waals surface area contributed by atoms with Gasteiger partial charge in [0, 0.05) is 40.5 Å². The average Bonchev–Trinajstić information content (AvgIpc) is 3.63. The predicted molar refractivity (Wildman–Crippen MR) is 189 cm³/mol. The second kappa shape index (κ2) is 13.8. The maximum Gasteiger partial charge on any atom is 2.00 e. The van der Waals surface area contributed by atoms with E-state index in [4.69, 9.17) is 19.6 Å². The van der Waals surface area contributed by atoms with Crippen molar-refractivity contribution in [3.05, 3.63) is 125 Å². The summed E-state index contributed by atoms with van der Waals surface area (Å²) >= 11 is 0. The van der Waals surface area contributed by atoms with Crippen LogP contribution >= 0.6 is 0 Å². The molecule has 0 aliphatic carbocycles. The van der Waals surface area contributed by atoms with Crippen molar-refractivity contribution >= 4 is 21.8 Å². The van der Waals surface area contributed by atoms with Crippen LogP contribution < -0.4 is 9.47 Å². The van der Waals surface area contributed by atoms with Crippen molar-refractivity contribution in [1.82, 2.24) is 19.3 Å². The van der Waals surface area contributed by atoms with Crippen LogP contribution in [0.5, 0.6) is 17.2 Å². The number of hydrogen-bond acceptors (Lipinski definition) is 4. The van der Waals surface area contributed by atoms with Crippen molar-refractivity contribution in [2.75, 3.05) is 6.61 Å². The van der Waals surface area contributed by atoms with E-state index in [0.29, 0.717) is 18.1 Å². The first-order valence-electron chi connectivity index (χ1n) is 16.3. The molecule has 48 heavy (non-hydrogen) atoms. The first kappa shape index (κ1) is 33.2. The molecule has 7 aromatic rings. The van der Waals surface area contributed by atoms with Crippen molar-refractivity contribution in [2.45, 2.75) is 54.4 Å². The van der Waals surface area contributed by atoms with E-state index >= 15 is 0 Å². The number of benzene rings is 4. The van der Waals surface area contributed by atoms with Gasteiger partial charge in [0.25, 0.3) is 0 Å². The maximum atomic E-state index is 6.45. The molecule has 0 N–H and O–H groups in total. The van der Waals surface area contributed by atoms with Crippen LogP contribution in [0.4, 0.5) is 0 Å². The van der Waals surface area contributed by atoms with Crippen LogP contribution in [0.2, 0.25) is 0 Å². The van der Waals surface area contributed by atoms with E-state index in [-0.39, 0.29) is 20.4 Å². The summed E-state index contributed by atoms with van der Waals surface area (Å²) in [6.07, 6.45) is 3.45. The summed E-state index contributed by atoms with van der Waals surface area (Å²) in [7, 11) is 0. The van der Waals surface area contributed by atoms with Crippen molar-refractivity contribution in [2.24, 2.45) is 0 Å². The Morgan fingerprint density at radius 2 is 1.54 bits per heavy atom. The summed E-state index contributed by atoms with van der Waals surface area (Å²) in [6, 6.07) is 33.8. The number of aromatic nitrogens is 4. The number of fused-ring (bicyclic) bond motifs is 3. The Labute approximate surface area is 296 Å². The van der Waals surface area contributed by atoms with Crippen molar-refractivity contribution < 1.29 is 29.9 Å². The molecular formula is C41H38N4O2Pd. The van der Waals surface area contributed by atoms with Gasteiger partial charge in [-0.05, 0) is 86.0 Å². The Bertz CT molecular complexity index is 2240. The van der Waals surface area contributed by atoms with E-state index in [9.17, 15) is 0 Å². The molecule has 7 heteroatoms. The zero-order valence-electron chi connectivity index (χ0n) is 28.1. The molecule has 4 aromatic carbocycles. The van der Waals surface area contributed by atoms with Gasteiger partial charge in [-0.15, -0.1) is 35.7 Å². The van der Waals surface area contributed by atoms with Crippen molar-refractivity contribution in [1.29, 1.82) is 0 Å². The molecule has 0 amide bonds. The van der Waals surface area contributed by atoms with Gasteiger partial charge in [-0.25, -0.2) is 4.98 Å². The SMILES string of the molecule is CCOc1ccnc(-n2c3[c-]c(Oc4[c-]c(-n5nc(CC)c(-c6cc(C)c(C)c(C)c6)c5CC)ccc4)ccc3c3ccccc32)c1.[Pd+2]. The predicted octanol–water partition coefficient (Wildman–Crippen LogP) is 9.87. The third kappa shape index (κ3) is 5.94. The van der Waals surface area contributed by atoms with Crippen LogP contribution in [0.3, 0.4) is 0 Å². The van der Waals surface area contributed by atoms with Gasteiger partial charge in [0.05, 0.1) is 12.3 Å². The van der Waals surface area contributed by atoms with Gasteiger partial charge in [0.1, 0.15) is 11.6 Å². The molecule has 0 fully saturated rings. The third-order valence-electron chi connectivity index (χ3n) is 8.95. The molecule has 0 saturated heterocycles. The molecule has 0 bridgehead atoms. The summed E-state index contributed by atoms with van der Waals surface area (Å²) in [5.74, 6) is 2.72. The Kier molecular flexibility index (Phi) is 9.55. The minimum atomic E-state index is 0. The quantitative estimate of drug-likeness (QED) is 0.110. The zero-order valence-corrected chi connectivity index (χ0v) is 29.7. The Hall–Kier alpha value is -4.70. The summed E-state index contributed by atoms with van der Waals surface area (Å²) in [4.78, 5) is 4.70. The minimum Gasteiger partial charge on any atom is -0.509 e. The van der Waals surface area contributed by atoms with Crippen LogP contribution in [-0.4, -0.2) is 25.9 Å². The molecule has 0 atom stereocenters. The number of pyridine rings is 1. The second-order valence-electron chi connectivity index (χ2n) is 11.8. The fourth-order valence-electron chi connectivity index (χ4n) is 6.48. The van der Waals surface area contributed by atoms with E-state index in [1.165, 1.54) is 27.8 Å². The average molecular weight is 725 g/mol. The summed E-state index contributed by atoms with van der Waals surface area (Å²) in [5, 5.41) is 7.30. The summed E-state index contributed by atoms with van der Waals surface area (Å²) in [5.41, 5.74) is 11.4. The molecule has 244 valence electrons. The zero-order chi connectivity index (χ0) is 32.7. The monoisotopic (exact) mass is 724 g/mol. The van der Waals surface area contributed by atoms with Crippen molar-refractivity contribution in [3.63, 3.8) is 0 Å². The van der Waals surface area contributed by atoms with Gasteiger partial charge in [0.2, 0.25) is 0 Å². The molecule has 3 heterocycles. The number of nitrogens with zero attached hydrogens (tertiary/aromatic N) is 4. The van der Waals surface area contributed by atoms with Crippen molar-refractivity contribution in [3.8, 4) is 39.9 Å². The Morgan fingerprint density at radius 1 is 0.771 bits per heavy atom. The molecule has 7 rings (SSSR count). The normalized spacial score (nSPS) is 11.2. The molecular weight excluding hydrogens is 687 g/mol. The van der Waals surface area contributed by atoms with Crippen LogP contribution in [0.15, 0.2) is 85.1 Å². The van der Waals surface area contributed by atoms with Gasteiger partial charge in [-0.2, -0.15) is 17.2 Å². The van der Waals surface area contributed by atoms with Gasteiger partial charge in [0.15, 0.2) is 0 Å². The van der Waals surface area contributed by atoms with E-state index in [2.05, 4.69) is 87.7 Å². The molecule has 0 aliphatic heterocycles. The summed E-state index contributed by atoms with van der Waals surface area (Å²) < 4.78 is 16.4. The fourth-order valence-corrected chi connectivity index (χ4v) is 6.48. The van der Waals surface area contributed by atoms with E-state index in [1.54, 1.807) is 6.20 Å². The summed E-state index contributed by atoms with van der Waals surface area (Å²) in [6.45, 7) is 13.5. The molecule has 3 aromatic heterocycles. The molecule has 0 aliphatic rings. The van der Waals surface area contributed by atoms with Gasteiger partial charge >= 0.3 is 20.4 Å². The first-order chi connectivity index (χ1) is 22.9. The van der Waals surface area contributed by atoms with E-state index in [0.717, 1.165) is 63.3 Å². The fraction of sp³-hybridized carbons (Fsp3) is 0.220. The van der Waals surface area contributed by atoms with Gasteiger partial charge in [-0.3, -0.25) is 4.68 Å². The van der Waals surface area contributed by atoms with E-state index < -0.39 is 0 Å². The first-order valence-corrected chi connectivity index (χ1v) is 16.3. The number of aryl methyl sites for hydroxylation is 3. The minimum absolute atomic E-state index is 0. The molecule has 6 nitrogen and oxygen atoms in total. The van der Waals surface area contributed by atoms with Gasteiger partial charge in [-0.1, -0.05) is 49.7 Å². The molecule has 0 unspecified atom stereocenters. The third-order valence-corrected chi connectivity index (χ3v) is 8.95. The van der Waals surface area contributed by atoms with Gasteiger partial charge < -0.3 is 14.0 Å². The molecule has 0 radical (unpaired) electrons.